The normalized spacial score (nSPS) is 25.9. The van der Waals surface area contributed by atoms with Crippen LogP contribution in [-0.4, -0.2) is 25.7 Å². The number of carbonyl (C=O) groups is 1. The molecule has 1 aliphatic heterocycles. The first-order valence-electron chi connectivity index (χ1n) is 7.77. The number of hydrogen-bond acceptors (Lipinski definition) is 3. The number of carbonyl (C=O) groups excluding carboxylic acids is 1. The first-order valence-corrected chi connectivity index (χ1v) is 7.77. The lowest BCUT2D eigenvalue weighted by molar-refractivity contribution is -0.149. The molecule has 0 radical (unpaired) electrons. The fraction of sp³-hybridized carbons (Fsp3) is 0.611. The molecule has 116 valence electrons. The van der Waals surface area contributed by atoms with Crippen LogP contribution in [0, 0.1) is 5.92 Å². The van der Waals surface area contributed by atoms with Gasteiger partial charge in [0.25, 0.3) is 0 Å². The van der Waals surface area contributed by atoms with Crippen LogP contribution in [0.25, 0.3) is 0 Å². The van der Waals surface area contributed by atoms with Crippen LogP contribution >= 0.6 is 0 Å². The Morgan fingerprint density at radius 2 is 1.95 bits per heavy atom. The van der Waals surface area contributed by atoms with E-state index >= 15 is 0 Å². The molecule has 1 aliphatic rings. The van der Waals surface area contributed by atoms with Crippen LogP contribution in [0.5, 0.6) is 0 Å². The first kappa shape index (κ1) is 16.0. The van der Waals surface area contributed by atoms with Gasteiger partial charge in [-0.15, -0.1) is 0 Å². The lowest BCUT2D eigenvalue weighted by Crippen LogP contribution is -2.37. The van der Waals surface area contributed by atoms with Crippen LogP contribution in [0.3, 0.4) is 0 Å². The van der Waals surface area contributed by atoms with Gasteiger partial charge in [0.2, 0.25) is 0 Å². The van der Waals surface area contributed by atoms with Crippen LogP contribution in [0.2, 0.25) is 0 Å². The maximum absolute atomic E-state index is 12.2. The molecule has 3 heteroatoms. The second-order valence-corrected chi connectivity index (χ2v) is 7.18. The summed E-state index contributed by atoms with van der Waals surface area (Å²) in [6.07, 6.45) is 0. The van der Waals surface area contributed by atoms with E-state index in [-0.39, 0.29) is 22.7 Å². The van der Waals surface area contributed by atoms with Crippen molar-refractivity contribution in [3.8, 4) is 0 Å². The lowest BCUT2D eigenvalue weighted by atomic mass is 9.73. The number of rotatable bonds is 3. The fourth-order valence-corrected chi connectivity index (χ4v) is 3.07. The minimum absolute atomic E-state index is 0.0927. The zero-order valence-corrected chi connectivity index (χ0v) is 13.8. The van der Waals surface area contributed by atoms with Gasteiger partial charge in [-0.2, -0.15) is 0 Å². The van der Waals surface area contributed by atoms with Crippen molar-refractivity contribution in [1.29, 1.82) is 0 Å². The Balaban J connectivity index is 2.28. The summed E-state index contributed by atoms with van der Waals surface area (Å²) < 4.78 is 5.24. The Morgan fingerprint density at radius 3 is 2.48 bits per heavy atom. The molecule has 1 aromatic carbocycles. The molecule has 1 saturated heterocycles. The molecule has 21 heavy (non-hydrogen) atoms. The second kappa shape index (κ2) is 5.80. The summed E-state index contributed by atoms with van der Waals surface area (Å²) >= 11 is 0. The van der Waals surface area contributed by atoms with Crippen LogP contribution in [0.4, 0.5) is 0 Å². The average Bonchev–Trinajstić information content (AvgIpc) is 2.82. The second-order valence-electron chi connectivity index (χ2n) is 7.18. The Bertz CT molecular complexity index is 501. The van der Waals surface area contributed by atoms with E-state index in [1.807, 2.05) is 6.92 Å². The van der Waals surface area contributed by atoms with Crippen molar-refractivity contribution in [2.24, 2.45) is 5.92 Å². The average molecular weight is 289 g/mol. The van der Waals surface area contributed by atoms with Crippen molar-refractivity contribution in [1.82, 2.24) is 5.32 Å². The van der Waals surface area contributed by atoms with Gasteiger partial charge in [-0.3, -0.25) is 4.79 Å². The third kappa shape index (κ3) is 3.13. The van der Waals surface area contributed by atoms with Crippen molar-refractivity contribution >= 4 is 5.97 Å². The van der Waals surface area contributed by atoms with Gasteiger partial charge in [-0.05, 0) is 23.5 Å². The highest BCUT2D eigenvalue weighted by atomic mass is 16.5. The number of nitrogens with one attached hydrogen (secondary N) is 1. The van der Waals surface area contributed by atoms with Gasteiger partial charge in [0.05, 0.1) is 12.5 Å². The predicted octanol–water partition coefficient (Wildman–Crippen LogP) is 3.02. The number of benzene rings is 1. The molecule has 1 aromatic rings. The predicted molar refractivity (Wildman–Crippen MR) is 85.5 cm³/mol. The van der Waals surface area contributed by atoms with E-state index in [0.717, 1.165) is 6.54 Å². The topological polar surface area (TPSA) is 38.3 Å². The molecular formula is C18H27NO2. The SMILES string of the molecule is CCOC(=O)C1CNCC1(C)c1ccc(C(C)(C)C)cc1. The molecule has 0 aliphatic carbocycles. The van der Waals surface area contributed by atoms with Crippen molar-refractivity contribution in [2.75, 3.05) is 19.7 Å². The van der Waals surface area contributed by atoms with E-state index in [0.29, 0.717) is 13.2 Å². The van der Waals surface area contributed by atoms with E-state index in [2.05, 4.69) is 57.3 Å². The molecular weight excluding hydrogens is 262 g/mol. The number of ether oxygens (including phenoxy) is 1. The fourth-order valence-electron chi connectivity index (χ4n) is 3.07. The summed E-state index contributed by atoms with van der Waals surface area (Å²) in [7, 11) is 0. The standard InChI is InChI=1S/C18H27NO2/c1-6-21-16(20)15-11-19-12-18(15,5)14-9-7-13(8-10-14)17(2,3)4/h7-10,15,19H,6,11-12H2,1-5H3. The summed E-state index contributed by atoms with van der Waals surface area (Å²) in [5, 5.41) is 3.34. The van der Waals surface area contributed by atoms with E-state index in [4.69, 9.17) is 4.74 Å². The maximum Gasteiger partial charge on any atom is 0.311 e. The smallest absolute Gasteiger partial charge is 0.311 e. The number of hydrogen-bond donors (Lipinski definition) is 1. The molecule has 0 bridgehead atoms. The molecule has 0 amide bonds. The van der Waals surface area contributed by atoms with Crippen LogP contribution < -0.4 is 5.32 Å². The number of esters is 1. The summed E-state index contributed by atoms with van der Waals surface area (Å²) in [5.41, 5.74) is 2.48. The first-order chi connectivity index (χ1) is 9.79. The molecule has 2 unspecified atom stereocenters. The lowest BCUT2D eigenvalue weighted by Gasteiger charge is -2.30. The Hall–Kier alpha value is -1.35. The molecule has 2 atom stereocenters. The van der Waals surface area contributed by atoms with Gasteiger partial charge in [0.1, 0.15) is 0 Å². The molecule has 0 saturated carbocycles. The van der Waals surface area contributed by atoms with Gasteiger partial charge in [-0.25, -0.2) is 0 Å². The van der Waals surface area contributed by atoms with Crippen molar-refractivity contribution in [3.05, 3.63) is 35.4 Å². The Kier molecular flexibility index (Phi) is 4.43. The monoisotopic (exact) mass is 289 g/mol. The largest absolute Gasteiger partial charge is 0.466 e. The molecule has 3 nitrogen and oxygen atoms in total. The minimum Gasteiger partial charge on any atom is -0.466 e. The quantitative estimate of drug-likeness (QED) is 0.869. The zero-order chi connectivity index (χ0) is 15.7. The molecule has 0 aromatic heterocycles. The van der Waals surface area contributed by atoms with Gasteiger partial charge in [0.15, 0.2) is 0 Å². The van der Waals surface area contributed by atoms with E-state index in [1.165, 1.54) is 11.1 Å². The van der Waals surface area contributed by atoms with Gasteiger partial charge in [0, 0.05) is 18.5 Å². The zero-order valence-electron chi connectivity index (χ0n) is 13.8. The summed E-state index contributed by atoms with van der Waals surface area (Å²) in [5.74, 6) is -0.206. The highest BCUT2D eigenvalue weighted by molar-refractivity contribution is 5.75. The third-order valence-corrected chi connectivity index (χ3v) is 4.59. The summed E-state index contributed by atoms with van der Waals surface area (Å²) in [4.78, 5) is 12.2. The van der Waals surface area contributed by atoms with Crippen molar-refractivity contribution in [2.45, 2.75) is 45.4 Å². The third-order valence-electron chi connectivity index (χ3n) is 4.59. The minimum atomic E-state index is -0.192. The maximum atomic E-state index is 12.2. The highest BCUT2D eigenvalue weighted by Gasteiger charge is 2.45. The van der Waals surface area contributed by atoms with Gasteiger partial charge < -0.3 is 10.1 Å². The molecule has 1 fully saturated rings. The van der Waals surface area contributed by atoms with Crippen LogP contribution in [0.1, 0.15) is 45.7 Å². The van der Waals surface area contributed by atoms with Crippen LogP contribution in [0.15, 0.2) is 24.3 Å². The van der Waals surface area contributed by atoms with Crippen molar-refractivity contribution in [3.63, 3.8) is 0 Å². The Morgan fingerprint density at radius 1 is 1.33 bits per heavy atom. The summed E-state index contributed by atoms with van der Waals surface area (Å²) in [6, 6.07) is 8.70. The Labute approximate surface area is 128 Å². The molecule has 2 rings (SSSR count). The van der Waals surface area contributed by atoms with Gasteiger partial charge in [-0.1, -0.05) is 52.0 Å². The molecule has 0 spiro atoms. The molecule has 1 heterocycles. The summed E-state index contributed by atoms with van der Waals surface area (Å²) in [6.45, 7) is 12.6. The van der Waals surface area contributed by atoms with Crippen molar-refractivity contribution < 1.29 is 9.53 Å². The van der Waals surface area contributed by atoms with E-state index in [1.54, 1.807) is 0 Å². The van der Waals surface area contributed by atoms with Crippen LogP contribution in [-0.2, 0) is 20.4 Å². The highest BCUT2D eigenvalue weighted by Crippen LogP contribution is 2.37. The van der Waals surface area contributed by atoms with E-state index in [9.17, 15) is 4.79 Å². The van der Waals surface area contributed by atoms with E-state index < -0.39 is 0 Å². The molecule has 1 N–H and O–H groups in total. The van der Waals surface area contributed by atoms with Gasteiger partial charge >= 0.3 is 5.97 Å².